The molecule has 2 N–H and O–H groups in total. The van der Waals surface area contributed by atoms with Gasteiger partial charge in [0.2, 0.25) is 0 Å². The zero-order valence-electron chi connectivity index (χ0n) is 10.5. The SMILES string of the molecule is CN(CC1CC1)S(=O)(=O)N1CCC(CN)CC1. The number of hydrogen-bond acceptors (Lipinski definition) is 3. The van der Waals surface area contributed by atoms with E-state index in [4.69, 9.17) is 5.73 Å². The van der Waals surface area contributed by atoms with E-state index in [1.54, 1.807) is 11.4 Å². The van der Waals surface area contributed by atoms with E-state index < -0.39 is 10.2 Å². The maximum absolute atomic E-state index is 12.3. The van der Waals surface area contributed by atoms with E-state index in [1.807, 2.05) is 0 Å². The van der Waals surface area contributed by atoms with Crippen molar-refractivity contribution in [2.75, 3.05) is 33.2 Å². The molecule has 1 saturated carbocycles. The van der Waals surface area contributed by atoms with Gasteiger partial charge in [0, 0.05) is 26.7 Å². The summed E-state index contributed by atoms with van der Waals surface area (Å²) in [7, 11) is -1.53. The molecule has 0 bridgehead atoms. The summed E-state index contributed by atoms with van der Waals surface area (Å²) >= 11 is 0. The molecule has 2 aliphatic rings. The average Bonchev–Trinajstić information content (AvgIpc) is 3.13. The third kappa shape index (κ3) is 3.19. The van der Waals surface area contributed by atoms with Gasteiger partial charge in [0.05, 0.1) is 0 Å². The van der Waals surface area contributed by atoms with Crippen LogP contribution in [0.25, 0.3) is 0 Å². The molecule has 1 aliphatic heterocycles. The molecule has 2 fully saturated rings. The first kappa shape index (κ1) is 13.3. The highest BCUT2D eigenvalue weighted by atomic mass is 32.2. The molecule has 1 saturated heterocycles. The second-order valence-electron chi connectivity index (χ2n) is 5.31. The van der Waals surface area contributed by atoms with Crippen molar-refractivity contribution in [1.29, 1.82) is 0 Å². The number of hydrogen-bond donors (Lipinski definition) is 1. The summed E-state index contributed by atoms with van der Waals surface area (Å²) in [5, 5.41) is 0. The monoisotopic (exact) mass is 261 g/mol. The molecule has 0 spiro atoms. The van der Waals surface area contributed by atoms with Crippen molar-refractivity contribution < 1.29 is 8.42 Å². The summed E-state index contributed by atoms with van der Waals surface area (Å²) in [5.41, 5.74) is 5.61. The van der Waals surface area contributed by atoms with Crippen molar-refractivity contribution in [3.63, 3.8) is 0 Å². The second-order valence-corrected chi connectivity index (χ2v) is 7.35. The van der Waals surface area contributed by atoms with Gasteiger partial charge in [-0.05, 0) is 44.1 Å². The fraction of sp³-hybridized carbons (Fsp3) is 1.00. The van der Waals surface area contributed by atoms with Crippen molar-refractivity contribution in [3.05, 3.63) is 0 Å². The summed E-state index contributed by atoms with van der Waals surface area (Å²) in [6, 6.07) is 0. The smallest absolute Gasteiger partial charge is 0.281 e. The summed E-state index contributed by atoms with van der Waals surface area (Å²) in [4.78, 5) is 0. The maximum Gasteiger partial charge on any atom is 0.281 e. The number of rotatable bonds is 5. The minimum atomic E-state index is -3.22. The predicted octanol–water partition coefficient (Wildman–Crippen LogP) is 0.244. The minimum Gasteiger partial charge on any atom is -0.330 e. The van der Waals surface area contributed by atoms with Crippen LogP contribution in [0.3, 0.4) is 0 Å². The molecular weight excluding hydrogens is 238 g/mol. The first-order valence-corrected chi connectivity index (χ1v) is 7.85. The topological polar surface area (TPSA) is 66.6 Å². The summed E-state index contributed by atoms with van der Waals surface area (Å²) in [5.74, 6) is 1.09. The van der Waals surface area contributed by atoms with Gasteiger partial charge in [-0.3, -0.25) is 0 Å². The number of nitrogens with zero attached hydrogens (tertiary/aromatic N) is 2. The van der Waals surface area contributed by atoms with E-state index in [0.717, 1.165) is 12.8 Å². The van der Waals surface area contributed by atoms with Crippen molar-refractivity contribution in [1.82, 2.24) is 8.61 Å². The minimum absolute atomic E-state index is 0.496. The number of piperidine rings is 1. The second kappa shape index (κ2) is 5.22. The van der Waals surface area contributed by atoms with Gasteiger partial charge in [-0.15, -0.1) is 0 Å². The molecular formula is C11H23N3O2S. The Morgan fingerprint density at radius 1 is 1.18 bits per heavy atom. The van der Waals surface area contributed by atoms with Gasteiger partial charge in [-0.25, -0.2) is 0 Å². The third-order valence-corrected chi connectivity index (χ3v) is 5.79. The first-order valence-electron chi connectivity index (χ1n) is 6.45. The van der Waals surface area contributed by atoms with Gasteiger partial charge < -0.3 is 5.73 Å². The van der Waals surface area contributed by atoms with Gasteiger partial charge in [0.15, 0.2) is 0 Å². The molecule has 0 atom stereocenters. The Kier molecular flexibility index (Phi) is 4.07. The van der Waals surface area contributed by atoms with Crippen molar-refractivity contribution in [2.45, 2.75) is 25.7 Å². The van der Waals surface area contributed by atoms with Gasteiger partial charge in [-0.2, -0.15) is 17.0 Å². The molecule has 1 aliphatic carbocycles. The maximum atomic E-state index is 12.3. The molecule has 6 heteroatoms. The van der Waals surface area contributed by atoms with Gasteiger partial charge in [-0.1, -0.05) is 0 Å². The van der Waals surface area contributed by atoms with Crippen LogP contribution in [0.15, 0.2) is 0 Å². The lowest BCUT2D eigenvalue weighted by atomic mass is 9.99. The Bertz CT molecular complexity index is 346. The van der Waals surface area contributed by atoms with Gasteiger partial charge >= 0.3 is 0 Å². The molecule has 0 unspecified atom stereocenters. The van der Waals surface area contributed by atoms with Gasteiger partial charge in [0.1, 0.15) is 0 Å². The normalized spacial score (nSPS) is 24.4. The lowest BCUT2D eigenvalue weighted by Gasteiger charge is -2.33. The largest absolute Gasteiger partial charge is 0.330 e. The summed E-state index contributed by atoms with van der Waals surface area (Å²) in [6.07, 6.45) is 4.14. The van der Waals surface area contributed by atoms with Crippen molar-refractivity contribution >= 4 is 10.2 Å². The fourth-order valence-electron chi connectivity index (χ4n) is 2.33. The highest BCUT2D eigenvalue weighted by Crippen LogP contribution is 2.30. The summed E-state index contributed by atoms with van der Waals surface area (Å²) < 4.78 is 27.7. The number of nitrogens with two attached hydrogens (primary N) is 1. The molecule has 100 valence electrons. The van der Waals surface area contributed by atoms with E-state index in [-0.39, 0.29) is 0 Å². The zero-order chi connectivity index (χ0) is 12.5. The summed E-state index contributed by atoms with van der Waals surface area (Å²) in [6.45, 7) is 2.60. The van der Waals surface area contributed by atoms with Crippen LogP contribution < -0.4 is 5.73 Å². The van der Waals surface area contributed by atoms with Crippen LogP contribution in [0.5, 0.6) is 0 Å². The molecule has 17 heavy (non-hydrogen) atoms. The van der Waals surface area contributed by atoms with E-state index in [2.05, 4.69) is 0 Å². The predicted molar refractivity (Wildman–Crippen MR) is 67.6 cm³/mol. The molecule has 0 radical (unpaired) electrons. The Morgan fingerprint density at radius 3 is 2.24 bits per heavy atom. The Morgan fingerprint density at radius 2 is 1.76 bits per heavy atom. The van der Waals surface area contributed by atoms with Crippen LogP contribution >= 0.6 is 0 Å². The highest BCUT2D eigenvalue weighted by Gasteiger charge is 2.33. The first-order chi connectivity index (χ1) is 8.04. The molecule has 0 aromatic heterocycles. The van der Waals surface area contributed by atoms with Crippen LogP contribution in [-0.2, 0) is 10.2 Å². The van der Waals surface area contributed by atoms with E-state index in [0.29, 0.717) is 38.0 Å². The highest BCUT2D eigenvalue weighted by molar-refractivity contribution is 7.86. The Labute approximate surface area is 104 Å². The van der Waals surface area contributed by atoms with Crippen LogP contribution in [0.1, 0.15) is 25.7 Å². The van der Waals surface area contributed by atoms with Crippen LogP contribution in [0.4, 0.5) is 0 Å². The lowest BCUT2D eigenvalue weighted by molar-refractivity contribution is 0.261. The molecule has 1 heterocycles. The van der Waals surface area contributed by atoms with Crippen LogP contribution in [-0.4, -0.2) is 50.3 Å². The van der Waals surface area contributed by atoms with Crippen LogP contribution in [0, 0.1) is 11.8 Å². The molecule has 0 aromatic carbocycles. The Balaban J connectivity index is 1.91. The average molecular weight is 261 g/mol. The lowest BCUT2D eigenvalue weighted by Crippen LogP contribution is -2.46. The zero-order valence-corrected chi connectivity index (χ0v) is 11.3. The van der Waals surface area contributed by atoms with E-state index >= 15 is 0 Å². The van der Waals surface area contributed by atoms with Crippen LogP contribution in [0.2, 0.25) is 0 Å². The van der Waals surface area contributed by atoms with Crippen molar-refractivity contribution in [3.8, 4) is 0 Å². The fourth-order valence-corrected chi connectivity index (χ4v) is 3.80. The Hall–Kier alpha value is -0.170. The molecule has 0 amide bonds. The van der Waals surface area contributed by atoms with E-state index in [1.165, 1.54) is 17.1 Å². The standard InChI is InChI=1S/C11H23N3O2S/c1-13(9-11-2-3-11)17(15,16)14-6-4-10(8-12)5-7-14/h10-11H,2-9,12H2,1H3. The van der Waals surface area contributed by atoms with E-state index in [9.17, 15) is 8.42 Å². The molecule has 5 nitrogen and oxygen atoms in total. The van der Waals surface area contributed by atoms with Crippen molar-refractivity contribution in [2.24, 2.45) is 17.6 Å². The molecule has 0 aromatic rings. The third-order valence-electron chi connectivity index (χ3n) is 3.84. The quantitative estimate of drug-likeness (QED) is 0.771. The van der Waals surface area contributed by atoms with Gasteiger partial charge in [0.25, 0.3) is 10.2 Å². The molecule has 2 rings (SSSR count).